The number of carbonyl (C=O) groups excluding carboxylic acids is 4. The summed E-state index contributed by atoms with van der Waals surface area (Å²) in [6.07, 6.45) is 1.68. The number of pyridine rings is 1. The maximum absolute atomic E-state index is 14.9. The number of aromatic nitrogens is 1. The molecular formula is C43H52FN5O8S. The van der Waals surface area contributed by atoms with E-state index in [1.807, 2.05) is 63.2 Å². The van der Waals surface area contributed by atoms with Crippen molar-refractivity contribution in [3.63, 3.8) is 0 Å². The standard InChI is InChI=1S/C43H52FN5O8S/c1-6-27-23-43(27,41(53)49(58(54)55)29-14-15-29)46-39(51)36-20-31(25-48(36)40(52)33(42(2,3)4)21-38(50)47-18-10-13-28(44)24-47)57-37-22-34(26-11-8-7-9-12-26)45-35-19-30(56-5)16-17-32(35)37/h6-9,11-12,16-17,19,22,27-29,31,33,36,58H,1,10,13-15,18,20-21,23-25H2,2-5H3,(H,46,51)/t27-,28?,31-,33-,36+,43-/m1/s1. The summed E-state index contributed by atoms with van der Waals surface area (Å²) in [5, 5.41) is 3.57. The molecule has 2 saturated heterocycles. The fourth-order valence-corrected chi connectivity index (χ4v) is 9.17. The molecule has 1 unspecified atom stereocenters. The Kier molecular flexibility index (Phi) is 11.6. The van der Waals surface area contributed by atoms with Crippen molar-refractivity contribution >= 4 is 45.4 Å². The normalized spacial score (nSPS) is 24.9. The molecule has 2 aliphatic heterocycles. The van der Waals surface area contributed by atoms with E-state index in [2.05, 4.69) is 11.9 Å². The molecule has 15 heteroatoms. The highest BCUT2D eigenvalue weighted by atomic mass is 32.2. The first-order valence-corrected chi connectivity index (χ1v) is 21.1. The van der Waals surface area contributed by atoms with Gasteiger partial charge in [0.05, 0.1) is 37.3 Å². The SMILES string of the molecule is C=C[C@@H]1C[C@]1(NC(=O)[C@@H]1C[C@@H](Oc2cc(-c3ccccc3)nc3cc(OC)ccc23)CN1C(=O)[C@@H](CC(=O)N1CCCC(F)C1)C(C)(C)C)C(=O)N(C1CC1)[SH](=O)=O. The third-order valence-electron chi connectivity index (χ3n) is 11.9. The average Bonchev–Trinajstić information content (AvgIpc) is 4.12. The van der Waals surface area contributed by atoms with Gasteiger partial charge >= 0.3 is 0 Å². The molecule has 2 aliphatic carbocycles. The minimum atomic E-state index is -3.25. The van der Waals surface area contributed by atoms with Crippen LogP contribution in [-0.2, 0) is 30.1 Å². The summed E-state index contributed by atoms with van der Waals surface area (Å²) in [7, 11) is -1.69. The van der Waals surface area contributed by atoms with Crippen LogP contribution in [0.4, 0.5) is 4.39 Å². The summed E-state index contributed by atoms with van der Waals surface area (Å²) in [6.45, 7) is 9.72. The lowest BCUT2D eigenvalue weighted by atomic mass is 9.77. The summed E-state index contributed by atoms with van der Waals surface area (Å²) in [5.41, 5.74) is -0.186. The number of rotatable bonds is 13. The molecule has 4 fully saturated rings. The van der Waals surface area contributed by atoms with Crippen molar-refractivity contribution in [1.29, 1.82) is 0 Å². The summed E-state index contributed by atoms with van der Waals surface area (Å²) in [6, 6.07) is 15.2. The molecule has 7 rings (SSSR count). The van der Waals surface area contributed by atoms with Gasteiger partial charge in [0.15, 0.2) is 0 Å². The molecule has 1 aromatic heterocycles. The van der Waals surface area contributed by atoms with Gasteiger partial charge in [-0.05, 0) is 49.7 Å². The molecule has 3 aromatic rings. The first kappa shape index (κ1) is 41.1. The van der Waals surface area contributed by atoms with Crippen molar-refractivity contribution < 1.29 is 41.5 Å². The molecular weight excluding hydrogens is 766 g/mol. The number of hydrogen-bond donors (Lipinski definition) is 2. The van der Waals surface area contributed by atoms with Crippen molar-refractivity contribution in [3.05, 3.63) is 67.3 Å². The summed E-state index contributed by atoms with van der Waals surface area (Å²) < 4.78 is 52.0. The van der Waals surface area contributed by atoms with E-state index in [1.165, 1.54) is 15.9 Å². The Bertz CT molecular complexity index is 2170. The lowest BCUT2D eigenvalue weighted by molar-refractivity contribution is -0.149. The number of fused-ring (bicyclic) bond motifs is 1. The van der Waals surface area contributed by atoms with E-state index < -0.39 is 75.8 Å². The number of likely N-dealkylation sites (tertiary alicyclic amines) is 2. The number of thiol groups is 1. The molecule has 4 amide bonds. The number of nitrogens with zero attached hydrogens (tertiary/aromatic N) is 4. The van der Waals surface area contributed by atoms with Crippen molar-refractivity contribution in [2.24, 2.45) is 17.3 Å². The van der Waals surface area contributed by atoms with Crippen LogP contribution in [0.15, 0.2) is 67.3 Å². The van der Waals surface area contributed by atoms with Gasteiger partial charge in [-0.1, -0.05) is 57.2 Å². The molecule has 1 N–H and O–H groups in total. The van der Waals surface area contributed by atoms with Crippen molar-refractivity contribution in [2.45, 2.75) is 95.6 Å². The van der Waals surface area contributed by atoms with Crippen molar-refractivity contribution in [1.82, 2.24) is 24.4 Å². The number of methoxy groups -OCH3 is 1. The van der Waals surface area contributed by atoms with Gasteiger partial charge in [0.1, 0.15) is 35.4 Å². The van der Waals surface area contributed by atoms with Crippen LogP contribution in [0.25, 0.3) is 22.2 Å². The second-order valence-electron chi connectivity index (χ2n) is 17.1. The first-order valence-electron chi connectivity index (χ1n) is 20.0. The number of benzene rings is 2. The monoisotopic (exact) mass is 817 g/mol. The molecule has 6 atom stereocenters. The van der Waals surface area contributed by atoms with E-state index in [0.717, 1.165) is 9.87 Å². The van der Waals surface area contributed by atoms with Gasteiger partial charge in [0.2, 0.25) is 28.6 Å². The van der Waals surface area contributed by atoms with E-state index >= 15 is 0 Å². The van der Waals surface area contributed by atoms with Crippen LogP contribution in [0, 0.1) is 17.3 Å². The number of alkyl halides is 1. The first-order chi connectivity index (χ1) is 27.6. The highest BCUT2D eigenvalue weighted by Crippen LogP contribution is 2.48. The number of hydrogen-bond acceptors (Lipinski definition) is 9. The second kappa shape index (κ2) is 16.3. The number of nitrogens with one attached hydrogen (secondary N) is 1. The number of piperidine rings is 1. The number of ether oxygens (including phenoxy) is 2. The van der Waals surface area contributed by atoms with E-state index in [1.54, 1.807) is 19.2 Å². The van der Waals surface area contributed by atoms with Crippen LogP contribution in [0.1, 0.15) is 65.7 Å². The highest BCUT2D eigenvalue weighted by Gasteiger charge is 2.63. The van der Waals surface area contributed by atoms with Gasteiger partial charge in [-0.3, -0.25) is 19.2 Å². The molecule has 2 aromatic carbocycles. The zero-order valence-electron chi connectivity index (χ0n) is 33.4. The number of carbonyl (C=O) groups is 4. The van der Waals surface area contributed by atoms with E-state index in [9.17, 15) is 32.0 Å². The Morgan fingerprint density at radius 2 is 1.83 bits per heavy atom. The molecule has 310 valence electrons. The average molecular weight is 818 g/mol. The molecule has 0 radical (unpaired) electrons. The number of amides is 4. The molecule has 4 aliphatic rings. The quantitative estimate of drug-likeness (QED) is 0.182. The maximum atomic E-state index is 14.9. The second-order valence-corrected chi connectivity index (χ2v) is 18.0. The van der Waals surface area contributed by atoms with E-state index in [4.69, 9.17) is 14.5 Å². The maximum Gasteiger partial charge on any atom is 0.262 e. The Balaban J connectivity index is 1.23. The minimum Gasteiger partial charge on any atom is -0.497 e. The van der Waals surface area contributed by atoms with Crippen molar-refractivity contribution in [2.75, 3.05) is 26.7 Å². The van der Waals surface area contributed by atoms with Gasteiger partial charge in [-0.2, -0.15) is 0 Å². The van der Waals surface area contributed by atoms with Crippen LogP contribution in [0.2, 0.25) is 0 Å². The number of halogens is 1. The van der Waals surface area contributed by atoms with Crippen molar-refractivity contribution in [3.8, 4) is 22.8 Å². The third kappa shape index (κ3) is 8.41. The van der Waals surface area contributed by atoms with Crippen LogP contribution >= 0.6 is 0 Å². The van der Waals surface area contributed by atoms with Crippen LogP contribution in [0.3, 0.4) is 0 Å². The third-order valence-corrected chi connectivity index (χ3v) is 12.8. The Morgan fingerprint density at radius 1 is 1.09 bits per heavy atom. The molecule has 0 spiro atoms. The fourth-order valence-electron chi connectivity index (χ4n) is 8.35. The Labute approximate surface area is 340 Å². The lowest BCUT2D eigenvalue weighted by Crippen LogP contribution is -2.57. The summed E-state index contributed by atoms with van der Waals surface area (Å²) in [4.78, 5) is 64.9. The molecule has 2 saturated carbocycles. The molecule has 13 nitrogen and oxygen atoms in total. The molecule has 58 heavy (non-hydrogen) atoms. The smallest absolute Gasteiger partial charge is 0.262 e. The van der Waals surface area contributed by atoms with Gasteiger partial charge in [0.25, 0.3) is 5.91 Å². The van der Waals surface area contributed by atoms with Gasteiger partial charge in [0, 0.05) is 54.4 Å². The topological polar surface area (TPSA) is 156 Å². The lowest BCUT2D eigenvalue weighted by Gasteiger charge is -2.37. The van der Waals surface area contributed by atoms with E-state index in [-0.39, 0.29) is 38.3 Å². The van der Waals surface area contributed by atoms with Gasteiger partial charge < -0.3 is 24.6 Å². The largest absolute Gasteiger partial charge is 0.497 e. The summed E-state index contributed by atoms with van der Waals surface area (Å²) >= 11 is 0. The molecule has 3 heterocycles. The predicted molar refractivity (Wildman–Crippen MR) is 216 cm³/mol. The molecule has 0 bridgehead atoms. The van der Waals surface area contributed by atoms with Crippen LogP contribution in [-0.4, -0.2) is 108 Å². The highest BCUT2D eigenvalue weighted by molar-refractivity contribution is 7.70. The summed E-state index contributed by atoms with van der Waals surface area (Å²) in [5.74, 6) is -2.47. The predicted octanol–water partition coefficient (Wildman–Crippen LogP) is 4.85. The van der Waals surface area contributed by atoms with Gasteiger partial charge in [-0.25, -0.2) is 22.1 Å². The fraction of sp³-hybridized carbons (Fsp3) is 0.512. The minimum absolute atomic E-state index is 0.0267. The van der Waals surface area contributed by atoms with Crippen LogP contribution < -0.4 is 14.8 Å². The van der Waals surface area contributed by atoms with Crippen LogP contribution in [0.5, 0.6) is 11.5 Å². The van der Waals surface area contributed by atoms with E-state index in [0.29, 0.717) is 60.3 Å². The zero-order valence-corrected chi connectivity index (χ0v) is 34.3. The Hall–Kier alpha value is -5.05. The Morgan fingerprint density at radius 3 is 2.45 bits per heavy atom. The van der Waals surface area contributed by atoms with Gasteiger partial charge in [-0.15, -0.1) is 6.58 Å². The zero-order chi connectivity index (χ0) is 41.5.